The number of rotatable bonds is 4. The van der Waals surface area contributed by atoms with Crippen LogP contribution in [0.25, 0.3) is 0 Å². The molecule has 152 valence electrons. The number of aromatic nitrogens is 1. The molecule has 5 rings (SSSR count). The molecule has 30 heavy (non-hydrogen) atoms. The number of carbonyl (C=O) groups excluding carboxylic acids is 2. The third-order valence-corrected chi connectivity index (χ3v) is 6.15. The normalized spacial score (nSPS) is 16.6. The van der Waals surface area contributed by atoms with Gasteiger partial charge >= 0.3 is 0 Å². The molecular formula is C22H19N3O4S. The lowest BCUT2D eigenvalue weighted by Gasteiger charge is -2.19. The van der Waals surface area contributed by atoms with Crippen LogP contribution in [0.4, 0.5) is 10.8 Å². The predicted octanol–water partition coefficient (Wildman–Crippen LogP) is 3.84. The summed E-state index contributed by atoms with van der Waals surface area (Å²) in [5, 5.41) is 6.31. The lowest BCUT2D eigenvalue weighted by atomic mass is 10.1. The molecule has 1 aliphatic heterocycles. The van der Waals surface area contributed by atoms with Crippen molar-refractivity contribution in [3.05, 3.63) is 64.7 Å². The molecule has 1 aromatic heterocycles. The van der Waals surface area contributed by atoms with Gasteiger partial charge in [0.1, 0.15) is 13.2 Å². The summed E-state index contributed by atoms with van der Waals surface area (Å²) in [5.41, 5.74) is 1.98. The van der Waals surface area contributed by atoms with Crippen molar-refractivity contribution in [1.29, 1.82) is 0 Å². The first kappa shape index (κ1) is 18.6. The summed E-state index contributed by atoms with van der Waals surface area (Å²) >= 11 is 1.43. The monoisotopic (exact) mass is 421 g/mol. The largest absolute Gasteiger partial charge is 0.486 e. The average Bonchev–Trinajstić information content (AvgIpc) is 3.34. The van der Waals surface area contributed by atoms with Crippen LogP contribution >= 0.6 is 11.3 Å². The van der Waals surface area contributed by atoms with Crippen LogP contribution < -0.4 is 20.1 Å². The maximum Gasteiger partial charge on any atom is 0.257 e. The van der Waals surface area contributed by atoms with Crippen molar-refractivity contribution in [2.24, 2.45) is 0 Å². The fraction of sp³-hybridized carbons (Fsp3) is 0.227. The molecular weight excluding hydrogens is 402 g/mol. The Balaban J connectivity index is 1.29. The first-order valence-corrected chi connectivity index (χ1v) is 10.6. The zero-order valence-electron chi connectivity index (χ0n) is 16.0. The van der Waals surface area contributed by atoms with E-state index in [1.54, 1.807) is 30.3 Å². The standard InChI is InChI=1S/C22H19N3O4S/c26-20(13-4-2-1-3-5-13)25-22-24-19-15(7-9-18(19)30-22)21(27)23-14-6-8-16-17(12-14)29-11-10-28-16/h1-6,8,12,15H,7,9-11H2,(H,23,27)(H,24,25,26). The molecule has 2 aliphatic rings. The minimum Gasteiger partial charge on any atom is -0.486 e. The topological polar surface area (TPSA) is 89.6 Å². The first-order valence-electron chi connectivity index (χ1n) is 9.74. The molecule has 1 unspecified atom stereocenters. The van der Waals surface area contributed by atoms with E-state index < -0.39 is 0 Å². The Labute approximate surface area is 177 Å². The van der Waals surface area contributed by atoms with Crippen LogP contribution in [0.1, 0.15) is 33.3 Å². The van der Waals surface area contributed by atoms with Crippen molar-refractivity contribution < 1.29 is 19.1 Å². The molecule has 2 aromatic carbocycles. The second-order valence-corrected chi connectivity index (χ2v) is 8.17. The third kappa shape index (κ3) is 3.61. The number of carbonyl (C=O) groups is 2. The minimum atomic E-state index is -0.341. The summed E-state index contributed by atoms with van der Waals surface area (Å²) in [4.78, 5) is 30.9. The lowest BCUT2D eigenvalue weighted by molar-refractivity contribution is -0.117. The summed E-state index contributed by atoms with van der Waals surface area (Å²) in [7, 11) is 0. The Bertz CT molecular complexity index is 1110. The summed E-state index contributed by atoms with van der Waals surface area (Å²) < 4.78 is 11.1. The second-order valence-electron chi connectivity index (χ2n) is 7.09. The highest BCUT2D eigenvalue weighted by Crippen LogP contribution is 2.39. The van der Waals surface area contributed by atoms with Gasteiger partial charge in [0.15, 0.2) is 16.6 Å². The van der Waals surface area contributed by atoms with Gasteiger partial charge < -0.3 is 14.8 Å². The van der Waals surface area contributed by atoms with Crippen LogP contribution in [0.15, 0.2) is 48.5 Å². The molecule has 3 aromatic rings. The van der Waals surface area contributed by atoms with E-state index in [1.165, 1.54) is 11.3 Å². The van der Waals surface area contributed by atoms with E-state index in [2.05, 4.69) is 15.6 Å². The van der Waals surface area contributed by atoms with E-state index in [0.717, 1.165) is 17.0 Å². The van der Waals surface area contributed by atoms with Gasteiger partial charge in [0.2, 0.25) is 5.91 Å². The quantitative estimate of drug-likeness (QED) is 0.668. The van der Waals surface area contributed by atoms with Gasteiger partial charge in [0, 0.05) is 22.2 Å². The Morgan fingerprint density at radius 1 is 1.00 bits per heavy atom. The molecule has 0 spiro atoms. The number of benzene rings is 2. The van der Waals surface area contributed by atoms with Crippen molar-refractivity contribution in [3.8, 4) is 11.5 Å². The van der Waals surface area contributed by atoms with Crippen LogP contribution in [0.5, 0.6) is 11.5 Å². The molecule has 0 bridgehead atoms. The number of nitrogens with one attached hydrogen (secondary N) is 2. The summed E-state index contributed by atoms with van der Waals surface area (Å²) in [6.45, 7) is 1.02. The van der Waals surface area contributed by atoms with Gasteiger partial charge in [-0.1, -0.05) is 18.2 Å². The molecule has 2 heterocycles. The summed E-state index contributed by atoms with van der Waals surface area (Å²) in [6.07, 6.45) is 1.48. The Morgan fingerprint density at radius 2 is 1.80 bits per heavy atom. The molecule has 8 heteroatoms. The number of thiazole rings is 1. The fourth-order valence-electron chi connectivity index (χ4n) is 3.65. The molecule has 0 radical (unpaired) electrons. The SMILES string of the molecule is O=C(Nc1nc2c(s1)CCC2C(=O)Nc1ccc2c(c1)OCCO2)c1ccccc1. The van der Waals surface area contributed by atoms with Crippen molar-refractivity contribution in [1.82, 2.24) is 4.98 Å². The zero-order chi connectivity index (χ0) is 20.5. The number of nitrogens with zero attached hydrogens (tertiary/aromatic N) is 1. The third-order valence-electron chi connectivity index (χ3n) is 5.10. The van der Waals surface area contributed by atoms with Crippen molar-refractivity contribution in [3.63, 3.8) is 0 Å². The van der Waals surface area contributed by atoms with E-state index in [0.29, 0.717) is 47.5 Å². The predicted molar refractivity (Wildman–Crippen MR) is 114 cm³/mol. The molecule has 0 saturated carbocycles. The van der Waals surface area contributed by atoms with E-state index in [4.69, 9.17) is 9.47 Å². The van der Waals surface area contributed by atoms with Crippen LogP contribution in [0.2, 0.25) is 0 Å². The van der Waals surface area contributed by atoms with E-state index in [-0.39, 0.29) is 17.7 Å². The van der Waals surface area contributed by atoms with E-state index in [1.807, 2.05) is 18.2 Å². The van der Waals surface area contributed by atoms with Crippen LogP contribution in [-0.4, -0.2) is 30.0 Å². The number of hydrogen-bond donors (Lipinski definition) is 2. The summed E-state index contributed by atoms with van der Waals surface area (Å²) in [5.74, 6) is 0.648. The number of ether oxygens (including phenoxy) is 2. The minimum absolute atomic E-state index is 0.114. The Kier molecular flexibility index (Phi) is 4.84. The highest BCUT2D eigenvalue weighted by molar-refractivity contribution is 7.16. The zero-order valence-corrected chi connectivity index (χ0v) is 16.8. The first-order chi connectivity index (χ1) is 14.7. The number of fused-ring (bicyclic) bond motifs is 2. The summed E-state index contributed by atoms with van der Waals surface area (Å²) in [6, 6.07) is 14.4. The number of aryl methyl sites for hydroxylation is 1. The van der Waals surface area contributed by atoms with Gasteiger partial charge in [0.05, 0.1) is 11.6 Å². The average molecular weight is 421 g/mol. The van der Waals surface area contributed by atoms with Gasteiger partial charge in [-0.25, -0.2) is 4.98 Å². The van der Waals surface area contributed by atoms with E-state index >= 15 is 0 Å². The van der Waals surface area contributed by atoms with Crippen LogP contribution in [-0.2, 0) is 11.2 Å². The van der Waals surface area contributed by atoms with Crippen LogP contribution in [0.3, 0.4) is 0 Å². The maximum atomic E-state index is 12.9. The van der Waals surface area contributed by atoms with Crippen molar-refractivity contribution >= 4 is 34.0 Å². The van der Waals surface area contributed by atoms with Gasteiger partial charge in [-0.3, -0.25) is 14.9 Å². The molecule has 1 atom stereocenters. The number of amides is 2. The van der Waals surface area contributed by atoms with Gasteiger partial charge in [0.25, 0.3) is 5.91 Å². The molecule has 1 aliphatic carbocycles. The van der Waals surface area contributed by atoms with E-state index in [9.17, 15) is 9.59 Å². The van der Waals surface area contributed by atoms with Gasteiger partial charge in [-0.2, -0.15) is 0 Å². The van der Waals surface area contributed by atoms with Crippen molar-refractivity contribution in [2.75, 3.05) is 23.8 Å². The number of anilines is 2. The van der Waals surface area contributed by atoms with Crippen molar-refractivity contribution in [2.45, 2.75) is 18.8 Å². The highest BCUT2D eigenvalue weighted by atomic mass is 32.1. The van der Waals surface area contributed by atoms with Gasteiger partial charge in [-0.05, 0) is 37.1 Å². The van der Waals surface area contributed by atoms with Crippen LogP contribution in [0, 0.1) is 0 Å². The fourth-order valence-corrected chi connectivity index (χ4v) is 4.68. The lowest BCUT2D eigenvalue weighted by Crippen LogP contribution is -2.20. The van der Waals surface area contributed by atoms with Gasteiger partial charge in [-0.15, -0.1) is 11.3 Å². The molecule has 2 N–H and O–H groups in total. The molecule has 7 nitrogen and oxygen atoms in total. The smallest absolute Gasteiger partial charge is 0.257 e. The Morgan fingerprint density at radius 3 is 2.63 bits per heavy atom. The molecule has 0 fully saturated rings. The second kappa shape index (κ2) is 7.79. The number of hydrogen-bond acceptors (Lipinski definition) is 6. The molecule has 2 amide bonds. The molecule has 0 saturated heterocycles. The Hall–Kier alpha value is -3.39. The highest BCUT2D eigenvalue weighted by Gasteiger charge is 2.33. The maximum absolute atomic E-state index is 12.9.